The molecule has 4 rings (SSSR count). The maximum atomic E-state index is 13.2. The predicted octanol–water partition coefficient (Wildman–Crippen LogP) is 6.81. The molecule has 0 atom stereocenters. The van der Waals surface area contributed by atoms with Gasteiger partial charge in [-0.1, -0.05) is 96.0 Å². The lowest BCUT2D eigenvalue weighted by molar-refractivity contribution is -0.116. The number of hydrogen-bond donors (Lipinski definition) is 1. The van der Waals surface area contributed by atoms with Crippen molar-refractivity contribution in [2.75, 3.05) is 5.32 Å². The van der Waals surface area contributed by atoms with E-state index in [0.29, 0.717) is 21.6 Å². The minimum absolute atomic E-state index is 0.117. The van der Waals surface area contributed by atoms with Crippen LogP contribution in [0, 0.1) is 0 Å². The Hall–Kier alpha value is -2.66. The zero-order chi connectivity index (χ0) is 20.9. The van der Waals surface area contributed by atoms with Crippen molar-refractivity contribution in [3.8, 4) is 0 Å². The molecule has 1 amide bonds. The van der Waals surface area contributed by atoms with E-state index >= 15 is 0 Å². The number of carbonyl (C=O) groups excluding carboxylic acids is 1. The number of nitrogens with zero attached hydrogens (tertiary/aromatic N) is 1. The number of hydrogen-bond acceptors (Lipinski definition) is 3. The van der Waals surface area contributed by atoms with Gasteiger partial charge in [0.15, 0.2) is 5.13 Å². The van der Waals surface area contributed by atoms with Crippen molar-refractivity contribution >= 4 is 45.6 Å². The van der Waals surface area contributed by atoms with Gasteiger partial charge in [-0.3, -0.25) is 4.79 Å². The predicted molar refractivity (Wildman–Crippen MR) is 125 cm³/mol. The van der Waals surface area contributed by atoms with Crippen LogP contribution in [0.15, 0.2) is 85.1 Å². The number of benzene rings is 3. The second-order valence-electron chi connectivity index (χ2n) is 6.77. The second kappa shape index (κ2) is 9.43. The molecule has 1 heterocycles. The van der Waals surface area contributed by atoms with Gasteiger partial charge in [0.05, 0.1) is 16.0 Å². The Bertz CT molecular complexity index is 1110. The summed E-state index contributed by atoms with van der Waals surface area (Å²) < 4.78 is 0. The fourth-order valence-electron chi connectivity index (χ4n) is 3.28. The lowest BCUT2D eigenvalue weighted by Crippen LogP contribution is -2.22. The van der Waals surface area contributed by atoms with E-state index in [4.69, 9.17) is 23.2 Å². The van der Waals surface area contributed by atoms with Gasteiger partial charge in [-0.05, 0) is 22.8 Å². The third-order valence-electron chi connectivity index (χ3n) is 4.71. The third-order valence-corrected chi connectivity index (χ3v) is 6.48. The molecular formula is C24H18Cl2N2OS. The van der Waals surface area contributed by atoms with Gasteiger partial charge in [0, 0.05) is 17.5 Å². The topological polar surface area (TPSA) is 42.0 Å². The summed E-state index contributed by atoms with van der Waals surface area (Å²) in [5.41, 5.74) is 2.80. The lowest BCUT2D eigenvalue weighted by atomic mass is 9.90. The molecule has 30 heavy (non-hydrogen) atoms. The van der Waals surface area contributed by atoms with Crippen LogP contribution in [-0.2, 0) is 11.2 Å². The summed E-state index contributed by atoms with van der Waals surface area (Å²) >= 11 is 13.8. The molecule has 0 radical (unpaired) electrons. The molecule has 0 aliphatic carbocycles. The van der Waals surface area contributed by atoms with Gasteiger partial charge in [0.1, 0.15) is 0 Å². The fraction of sp³-hybridized carbons (Fsp3) is 0.0833. The number of halogens is 2. The van der Waals surface area contributed by atoms with Crippen LogP contribution < -0.4 is 5.32 Å². The van der Waals surface area contributed by atoms with Gasteiger partial charge >= 0.3 is 0 Å². The fourth-order valence-corrected chi connectivity index (χ4v) is 4.51. The van der Waals surface area contributed by atoms with Crippen LogP contribution in [0.25, 0.3) is 0 Å². The zero-order valence-electron chi connectivity index (χ0n) is 15.9. The van der Waals surface area contributed by atoms with Crippen LogP contribution in [-0.4, -0.2) is 10.9 Å². The van der Waals surface area contributed by atoms with Crippen molar-refractivity contribution in [2.24, 2.45) is 0 Å². The molecule has 0 saturated carbocycles. The first kappa shape index (κ1) is 20.6. The Morgan fingerprint density at radius 2 is 1.53 bits per heavy atom. The highest BCUT2D eigenvalue weighted by atomic mass is 35.5. The number of anilines is 1. The molecule has 0 bridgehead atoms. The molecular weight excluding hydrogens is 435 g/mol. The smallest absolute Gasteiger partial charge is 0.238 e. The maximum absolute atomic E-state index is 13.2. The number of thiazole rings is 1. The monoisotopic (exact) mass is 452 g/mol. The lowest BCUT2D eigenvalue weighted by Gasteiger charge is -2.17. The molecule has 6 heteroatoms. The first-order valence-electron chi connectivity index (χ1n) is 9.40. The average molecular weight is 453 g/mol. The van der Waals surface area contributed by atoms with Crippen LogP contribution in [0.1, 0.15) is 27.5 Å². The highest BCUT2D eigenvalue weighted by molar-refractivity contribution is 7.15. The Labute approximate surface area is 189 Å². The van der Waals surface area contributed by atoms with Crippen LogP contribution in [0.2, 0.25) is 10.0 Å². The van der Waals surface area contributed by atoms with Crippen molar-refractivity contribution in [1.82, 2.24) is 4.98 Å². The van der Waals surface area contributed by atoms with Gasteiger partial charge < -0.3 is 5.32 Å². The average Bonchev–Trinajstić information content (AvgIpc) is 3.20. The van der Waals surface area contributed by atoms with E-state index in [0.717, 1.165) is 21.6 Å². The molecule has 0 aliphatic heterocycles. The van der Waals surface area contributed by atoms with Crippen molar-refractivity contribution in [1.29, 1.82) is 0 Å². The van der Waals surface area contributed by atoms with Crippen LogP contribution >= 0.6 is 34.5 Å². The molecule has 0 fully saturated rings. The SMILES string of the molecule is O=C(Nc1ncc(Cc2cccc(Cl)c2Cl)s1)C(c1ccccc1)c1ccccc1. The molecule has 0 spiro atoms. The Kier molecular flexibility index (Phi) is 6.48. The molecule has 150 valence electrons. The van der Waals surface area contributed by atoms with Gasteiger partial charge in [-0.2, -0.15) is 0 Å². The van der Waals surface area contributed by atoms with E-state index in [-0.39, 0.29) is 5.91 Å². The number of rotatable bonds is 6. The minimum atomic E-state index is -0.415. The molecule has 3 nitrogen and oxygen atoms in total. The molecule has 4 aromatic rings. The van der Waals surface area contributed by atoms with E-state index in [1.165, 1.54) is 11.3 Å². The van der Waals surface area contributed by atoms with Gasteiger partial charge in [-0.15, -0.1) is 11.3 Å². The first-order chi connectivity index (χ1) is 14.6. The highest BCUT2D eigenvalue weighted by Crippen LogP contribution is 2.31. The summed E-state index contributed by atoms with van der Waals surface area (Å²) in [5, 5.41) is 4.62. The maximum Gasteiger partial charge on any atom is 0.238 e. The molecule has 0 aliphatic rings. The summed E-state index contributed by atoms with van der Waals surface area (Å²) in [5.74, 6) is -0.531. The van der Waals surface area contributed by atoms with Crippen LogP contribution in [0.3, 0.4) is 0 Å². The molecule has 0 unspecified atom stereocenters. The van der Waals surface area contributed by atoms with Crippen molar-refractivity contribution in [3.63, 3.8) is 0 Å². The molecule has 1 N–H and O–H groups in total. The van der Waals surface area contributed by atoms with Crippen LogP contribution in [0.5, 0.6) is 0 Å². The molecule has 1 aromatic heterocycles. The van der Waals surface area contributed by atoms with Crippen molar-refractivity contribution < 1.29 is 4.79 Å². The first-order valence-corrected chi connectivity index (χ1v) is 11.0. The van der Waals surface area contributed by atoms with Gasteiger partial charge in [0.25, 0.3) is 0 Å². The zero-order valence-corrected chi connectivity index (χ0v) is 18.2. The number of amides is 1. The van der Waals surface area contributed by atoms with Crippen LogP contribution in [0.4, 0.5) is 5.13 Å². The minimum Gasteiger partial charge on any atom is -0.301 e. The molecule has 3 aromatic carbocycles. The van der Waals surface area contributed by atoms with E-state index in [9.17, 15) is 4.79 Å². The normalized spacial score (nSPS) is 10.9. The Balaban J connectivity index is 1.54. The summed E-state index contributed by atoms with van der Waals surface area (Å²) in [7, 11) is 0. The second-order valence-corrected chi connectivity index (χ2v) is 8.67. The van der Waals surface area contributed by atoms with E-state index in [2.05, 4.69) is 10.3 Å². The van der Waals surface area contributed by atoms with Crippen molar-refractivity contribution in [3.05, 3.63) is 117 Å². The third kappa shape index (κ3) is 4.73. The summed E-state index contributed by atoms with van der Waals surface area (Å²) in [6.07, 6.45) is 2.37. The van der Waals surface area contributed by atoms with E-state index in [1.807, 2.05) is 72.8 Å². The quantitative estimate of drug-likeness (QED) is 0.348. The Morgan fingerprint density at radius 1 is 0.900 bits per heavy atom. The summed E-state index contributed by atoms with van der Waals surface area (Å²) in [6.45, 7) is 0. The number of nitrogens with one attached hydrogen (secondary N) is 1. The van der Waals surface area contributed by atoms with E-state index in [1.54, 1.807) is 12.3 Å². The van der Waals surface area contributed by atoms with Crippen molar-refractivity contribution in [2.45, 2.75) is 12.3 Å². The largest absolute Gasteiger partial charge is 0.301 e. The van der Waals surface area contributed by atoms with Gasteiger partial charge in [0.2, 0.25) is 5.91 Å². The number of carbonyl (C=O) groups is 1. The van der Waals surface area contributed by atoms with E-state index < -0.39 is 5.92 Å². The highest BCUT2D eigenvalue weighted by Gasteiger charge is 2.23. The molecule has 0 saturated heterocycles. The van der Waals surface area contributed by atoms with Gasteiger partial charge in [-0.25, -0.2) is 4.98 Å². The number of aromatic nitrogens is 1. The standard InChI is InChI=1S/C24H18Cl2N2OS/c25-20-13-7-12-18(22(20)26)14-19-15-27-24(30-19)28-23(29)21(16-8-3-1-4-9-16)17-10-5-2-6-11-17/h1-13,15,21H,14H2,(H,27,28,29). The Morgan fingerprint density at radius 3 is 2.17 bits per heavy atom. The summed E-state index contributed by atoms with van der Waals surface area (Å²) in [4.78, 5) is 18.6. The summed E-state index contributed by atoms with van der Waals surface area (Å²) in [6, 6.07) is 25.1.